The Balaban J connectivity index is 3.23. The van der Waals surface area contributed by atoms with Gasteiger partial charge in [-0.15, -0.1) is 0 Å². The number of nitro groups is 1. The first-order valence-corrected chi connectivity index (χ1v) is 6.94. The Morgan fingerprint density at radius 2 is 1.96 bits per heavy atom. The number of rotatable bonds is 6. The number of nitrogens with one attached hydrogen (secondary N) is 1. The highest BCUT2D eigenvalue weighted by molar-refractivity contribution is 6.00. The number of benzene rings is 1. The molecule has 0 saturated heterocycles. The SMILES string of the molecule is CC[C@H](C)[C@H](NC(=O)c1ccc(C(F)(F)F)cc1[N+](=O)[O-])C(N)=O. The van der Waals surface area contributed by atoms with Crippen LogP contribution in [-0.4, -0.2) is 22.8 Å². The van der Waals surface area contributed by atoms with Crippen molar-refractivity contribution < 1.29 is 27.7 Å². The average Bonchev–Trinajstić information content (AvgIpc) is 2.49. The third-order valence-corrected chi connectivity index (χ3v) is 3.57. The molecule has 1 rings (SSSR count). The molecule has 24 heavy (non-hydrogen) atoms. The van der Waals surface area contributed by atoms with Crippen molar-refractivity contribution in [3.63, 3.8) is 0 Å². The van der Waals surface area contributed by atoms with Crippen LogP contribution in [-0.2, 0) is 11.0 Å². The van der Waals surface area contributed by atoms with Crippen molar-refractivity contribution >= 4 is 17.5 Å². The number of amides is 2. The molecule has 0 aliphatic rings. The van der Waals surface area contributed by atoms with E-state index in [1.165, 1.54) is 0 Å². The molecule has 0 spiro atoms. The van der Waals surface area contributed by atoms with Gasteiger partial charge < -0.3 is 11.1 Å². The van der Waals surface area contributed by atoms with Crippen molar-refractivity contribution in [2.45, 2.75) is 32.5 Å². The molecule has 0 aliphatic heterocycles. The molecule has 0 aliphatic carbocycles. The quantitative estimate of drug-likeness (QED) is 0.606. The van der Waals surface area contributed by atoms with E-state index in [1.807, 2.05) is 0 Å². The molecule has 0 saturated carbocycles. The highest BCUT2D eigenvalue weighted by Crippen LogP contribution is 2.33. The Morgan fingerprint density at radius 1 is 1.38 bits per heavy atom. The Hall–Kier alpha value is -2.65. The largest absolute Gasteiger partial charge is 0.416 e. The van der Waals surface area contributed by atoms with Crippen molar-refractivity contribution in [1.82, 2.24) is 5.32 Å². The minimum atomic E-state index is -4.79. The van der Waals surface area contributed by atoms with E-state index in [2.05, 4.69) is 5.32 Å². The fourth-order valence-corrected chi connectivity index (χ4v) is 2.00. The zero-order valence-electron chi connectivity index (χ0n) is 12.9. The fourth-order valence-electron chi connectivity index (χ4n) is 2.00. The van der Waals surface area contributed by atoms with E-state index in [9.17, 15) is 32.9 Å². The second kappa shape index (κ2) is 7.28. The van der Waals surface area contributed by atoms with Gasteiger partial charge in [0.05, 0.1) is 10.5 Å². The van der Waals surface area contributed by atoms with E-state index in [4.69, 9.17) is 5.73 Å². The van der Waals surface area contributed by atoms with Crippen LogP contribution >= 0.6 is 0 Å². The molecule has 2 amide bonds. The summed E-state index contributed by atoms with van der Waals surface area (Å²) in [6.07, 6.45) is -4.30. The fraction of sp³-hybridized carbons (Fsp3) is 0.429. The smallest absolute Gasteiger partial charge is 0.368 e. The normalized spacial score (nSPS) is 13.9. The number of carbonyl (C=O) groups is 2. The highest BCUT2D eigenvalue weighted by Gasteiger charge is 2.34. The summed E-state index contributed by atoms with van der Waals surface area (Å²) in [5.74, 6) is -2.23. The molecule has 0 radical (unpaired) electrons. The third kappa shape index (κ3) is 4.43. The Bertz CT molecular complexity index is 661. The average molecular weight is 347 g/mol. The number of alkyl halides is 3. The highest BCUT2D eigenvalue weighted by atomic mass is 19.4. The summed E-state index contributed by atoms with van der Waals surface area (Å²) in [5.41, 5.74) is 2.35. The maximum absolute atomic E-state index is 12.6. The third-order valence-electron chi connectivity index (χ3n) is 3.57. The van der Waals surface area contributed by atoms with Gasteiger partial charge >= 0.3 is 6.18 Å². The van der Waals surface area contributed by atoms with Gasteiger partial charge in [0.1, 0.15) is 11.6 Å². The van der Waals surface area contributed by atoms with Crippen LogP contribution in [0.2, 0.25) is 0 Å². The number of nitro benzene ring substituents is 1. The van der Waals surface area contributed by atoms with Crippen molar-refractivity contribution in [3.05, 3.63) is 39.4 Å². The molecular formula is C14H16F3N3O4. The number of carbonyl (C=O) groups excluding carboxylic acids is 2. The minimum Gasteiger partial charge on any atom is -0.368 e. The van der Waals surface area contributed by atoms with Crippen LogP contribution in [0.3, 0.4) is 0 Å². The molecule has 10 heteroatoms. The molecule has 0 bridgehead atoms. The Labute approximate surface area is 135 Å². The summed E-state index contributed by atoms with van der Waals surface area (Å²) in [7, 11) is 0. The zero-order valence-corrected chi connectivity index (χ0v) is 12.9. The lowest BCUT2D eigenvalue weighted by molar-refractivity contribution is -0.385. The van der Waals surface area contributed by atoms with Crippen LogP contribution in [0.15, 0.2) is 18.2 Å². The van der Waals surface area contributed by atoms with Gasteiger partial charge in [-0.1, -0.05) is 20.3 Å². The van der Waals surface area contributed by atoms with Crippen molar-refractivity contribution in [2.75, 3.05) is 0 Å². The molecule has 1 aromatic carbocycles. The summed E-state index contributed by atoms with van der Waals surface area (Å²) in [4.78, 5) is 33.4. The van der Waals surface area contributed by atoms with Crippen molar-refractivity contribution in [3.8, 4) is 0 Å². The first-order valence-electron chi connectivity index (χ1n) is 6.94. The zero-order chi connectivity index (χ0) is 18.7. The molecule has 3 N–H and O–H groups in total. The van der Waals surface area contributed by atoms with Crippen LogP contribution in [0, 0.1) is 16.0 Å². The van der Waals surface area contributed by atoms with Gasteiger partial charge in [0.15, 0.2) is 0 Å². The van der Waals surface area contributed by atoms with Gasteiger partial charge in [-0.25, -0.2) is 0 Å². The number of hydrogen-bond donors (Lipinski definition) is 2. The maximum atomic E-state index is 12.6. The lowest BCUT2D eigenvalue weighted by Crippen LogP contribution is -2.48. The molecule has 7 nitrogen and oxygen atoms in total. The number of halogens is 3. The maximum Gasteiger partial charge on any atom is 0.416 e. The first kappa shape index (κ1) is 19.4. The first-order chi connectivity index (χ1) is 11.0. The molecular weight excluding hydrogens is 331 g/mol. The standard InChI is InChI=1S/C14H16F3N3O4/c1-3-7(2)11(12(18)21)19-13(22)9-5-4-8(14(15,16)17)6-10(9)20(23)24/h4-7,11H,3H2,1-2H3,(H2,18,21)(H,19,22)/t7-,11-/m0/s1. The predicted molar refractivity (Wildman–Crippen MR) is 78.0 cm³/mol. The van der Waals surface area contributed by atoms with E-state index in [0.29, 0.717) is 18.6 Å². The second-order valence-corrected chi connectivity index (χ2v) is 5.23. The summed E-state index contributed by atoms with van der Waals surface area (Å²) in [6, 6.07) is 0.441. The molecule has 0 aromatic heterocycles. The summed E-state index contributed by atoms with van der Waals surface area (Å²) < 4.78 is 37.9. The molecule has 0 fully saturated rings. The van der Waals surface area contributed by atoms with Gasteiger partial charge in [-0.2, -0.15) is 13.2 Å². The van der Waals surface area contributed by atoms with Gasteiger partial charge in [0.25, 0.3) is 11.6 Å². The Morgan fingerprint density at radius 3 is 2.38 bits per heavy atom. The summed E-state index contributed by atoms with van der Waals surface area (Å²) in [6.45, 7) is 3.38. The van der Waals surface area contributed by atoms with E-state index < -0.39 is 45.8 Å². The topological polar surface area (TPSA) is 115 Å². The number of nitrogens with zero attached hydrogens (tertiary/aromatic N) is 1. The van der Waals surface area contributed by atoms with E-state index >= 15 is 0 Å². The Kier molecular flexibility index (Phi) is 5.88. The van der Waals surface area contributed by atoms with Gasteiger partial charge in [-0.05, 0) is 18.1 Å². The lowest BCUT2D eigenvalue weighted by atomic mass is 9.98. The van der Waals surface area contributed by atoms with E-state index in [0.717, 1.165) is 0 Å². The molecule has 2 atom stereocenters. The van der Waals surface area contributed by atoms with Crippen molar-refractivity contribution in [2.24, 2.45) is 11.7 Å². The van der Waals surface area contributed by atoms with Gasteiger partial charge in [0, 0.05) is 6.07 Å². The second-order valence-electron chi connectivity index (χ2n) is 5.23. The summed E-state index contributed by atoms with van der Waals surface area (Å²) in [5, 5.41) is 13.2. The predicted octanol–water partition coefficient (Wildman–Crippen LogP) is 2.24. The van der Waals surface area contributed by atoms with Crippen LogP contribution in [0.1, 0.15) is 36.2 Å². The lowest BCUT2D eigenvalue weighted by Gasteiger charge is -2.21. The van der Waals surface area contributed by atoms with Crippen LogP contribution < -0.4 is 11.1 Å². The van der Waals surface area contributed by atoms with Crippen molar-refractivity contribution in [1.29, 1.82) is 0 Å². The molecule has 1 aromatic rings. The van der Waals surface area contributed by atoms with Crippen LogP contribution in [0.5, 0.6) is 0 Å². The van der Waals surface area contributed by atoms with Gasteiger partial charge in [-0.3, -0.25) is 19.7 Å². The number of hydrogen-bond acceptors (Lipinski definition) is 4. The molecule has 132 valence electrons. The van der Waals surface area contributed by atoms with E-state index in [1.54, 1.807) is 13.8 Å². The van der Waals surface area contributed by atoms with Crippen LogP contribution in [0.25, 0.3) is 0 Å². The molecule has 0 heterocycles. The summed E-state index contributed by atoms with van der Waals surface area (Å²) >= 11 is 0. The van der Waals surface area contributed by atoms with Gasteiger partial charge in [0.2, 0.25) is 5.91 Å². The number of primary amides is 1. The van der Waals surface area contributed by atoms with Crippen LogP contribution in [0.4, 0.5) is 18.9 Å². The monoisotopic (exact) mass is 347 g/mol. The molecule has 0 unspecified atom stereocenters. The minimum absolute atomic E-state index is 0.275. The van der Waals surface area contributed by atoms with E-state index in [-0.39, 0.29) is 12.0 Å². The number of nitrogens with two attached hydrogens (primary N) is 1.